The Labute approximate surface area is 88.2 Å². The quantitative estimate of drug-likeness (QED) is 0.680. The van der Waals surface area contributed by atoms with Crippen LogP contribution < -0.4 is 0 Å². The molecular weight excluding hydrogens is 172 g/mol. The minimum Gasteiger partial charge on any atom is -0.386 e. The molecule has 0 radical (unpaired) electrons. The maximum absolute atomic E-state index is 9.96. The lowest BCUT2D eigenvalue weighted by Crippen LogP contribution is -2.20. The maximum Gasteiger partial charge on any atom is 0.0799 e. The summed E-state index contributed by atoms with van der Waals surface area (Å²) < 4.78 is 0. The minimum atomic E-state index is -0.577. The van der Waals surface area contributed by atoms with Gasteiger partial charge in [0.15, 0.2) is 0 Å². The van der Waals surface area contributed by atoms with Gasteiger partial charge in [-0.2, -0.15) is 0 Å². The van der Waals surface area contributed by atoms with E-state index in [-0.39, 0.29) is 0 Å². The standard InChI is InChI=1S/C13H24O/c1-3-10-13(2,14)11-9-12-7-5-4-6-8-12/h9,11-12,14H,3-8,10H2,1-2H3. The molecule has 0 amide bonds. The molecule has 0 saturated heterocycles. The van der Waals surface area contributed by atoms with Crippen molar-refractivity contribution in [3.8, 4) is 0 Å². The van der Waals surface area contributed by atoms with E-state index in [0.717, 1.165) is 18.8 Å². The lowest BCUT2D eigenvalue weighted by molar-refractivity contribution is 0.100. The highest BCUT2D eigenvalue weighted by Gasteiger charge is 2.16. The molecule has 0 aliphatic heterocycles. The predicted octanol–water partition coefficient (Wildman–Crippen LogP) is 3.67. The molecule has 0 aromatic rings. The van der Waals surface area contributed by atoms with Crippen LogP contribution in [0.5, 0.6) is 0 Å². The SMILES string of the molecule is CCCC(C)(O)C=CC1CCCCC1. The Morgan fingerprint density at radius 3 is 2.50 bits per heavy atom. The molecule has 1 heteroatoms. The summed E-state index contributed by atoms with van der Waals surface area (Å²) in [5.74, 6) is 0.729. The molecule has 14 heavy (non-hydrogen) atoms. The Balaban J connectivity index is 2.36. The van der Waals surface area contributed by atoms with Crippen molar-refractivity contribution in [1.82, 2.24) is 0 Å². The lowest BCUT2D eigenvalue weighted by Gasteiger charge is -2.21. The number of hydrogen-bond acceptors (Lipinski definition) is 1. The first-order valence-electron chi connectivity index (χ1n) is 6.06. The van der Waals surface area contributed by atoms with Gasteiger partial charge in [-0.1, -0.05) is 44.8 Å². The first kappa shape index (κ1) is 11.8. The van der Waals surface area contributed by atoms with Gasteiger partial charge in [-0.25, -0.2) is 0 Å². The molecule has 0 aromatic carbocycles. The Bertz CT molecular complexity index is 176. The van der Waals surface area contributed by atoms with Crippen molar-refractivity contribution in [2.75, 3.05) is 0 Å². The van der Waals surface area contributed by atoms with Crippen molar-refractivity contribution in [3.63, 3.8) is 0 Å². The van der Waals surface area contributed by atoms with E-state index in [1.165, 1.54) is 32.1 Å². The maximum atomic E-state index is 9.96. The summed E-state index contributed by atoms with van der Waals surface area (Å²) >= 11 is 0. The third-order valence-electron chi connectivity index (χ3n) is 3.13. The Morgan fingerprint density at radius 1 is 1.29 bits per heavy atom. The Kier molecular flexibility index (Phi) is 4.67. The number of hydrogen-bond donors (Lipinski definition) is 1. The topological polar surface area (TPSA) is 20.2 Å². The normalized spacial score (nSPS) is 23.9. The van der Waals surface area contributed by atoms with Gasteiger partial charge in [0.05, 0.1) is 5.60 Å². The number of rotatable bonds is 4. The van der Waals surface area contributed by atoms with Crippen molar-refractivity contribution in [2.45, 2.75) is 64.4 Å². The molecule has 82 valence electrons. The third-order valence-corrected chi connectivity index (χ3v) is 3.13. The number of allylic oxidation sites excluding steroid dienone is 1. The van der Waals surface area contributed by atoms with E-state index in [0.29, 0.717) is 0 Å². The van der Waals surface area contributed by atoms with Crippen LogP contribution >= 0.6 is 0 Å². The van der Waals surface area contributed by atoms with Gasteiger partial charge in [0.25, 0.3) is 0 Å². The molecule has 1 aliphatic carbocycles. The monoisotopic (exact) mass is 196 g/mol. The van der Waals surface area contributed by atoms with Crippen LogP contribution in [0.25, 0.3) is 0 Å². The van der Waals surface area contributed by atoms with Crippen LogP contribution in [0.1, 0.15) is 58.8 Å². The molecule has 1 aliphatic rings. The van der Waals surface area contributed by atoms with Crippen molar-refractivity contribution >= 4 is 0 Å². The summed E-state index contributed by atoms with van der Waals surface area (Å²) in [4.78, 5) is 0. The highest BCUT2D eigenvalue weighted by atomic mass is 16.3. The van der Waals surface area contributed by atoms with Gasteiger partial charge < -0.3 is 5.11 Å². The second-order valence-electron chi connectivity index (χ2n) is 4.86. The van der Waals surface area contributed by atoms with E-state index in [1.54, 1.807) is 0 Å². The fourth-order valence-electron chi connectivity index (χ4n) is 2.26. The molecule has 0 aromatic heterocycles. The predicted molar refractivity (Wildman–Crippen MR) is 61.2 cm³/mol. The highest BCUT2D eigenvalue weighted by molar-refractivity contribution is 5.01. The van der Waals surface area contributed by atoms with Crippen molar-refractivity contribution in [2.24, 2.45) is 5.92 Å². The molecule has 1 nitrogen and oxygen atoms in total. The second kappa shape index (κ2) is 5.55. The summed E-state index contributed by atoms with van der Waals surface area (Å²) in [6.45, 7) is 4.03. The molecule has 1 atom stereocenters. The first-order chi connectivity index (χ1) is 6.64. The average molecular weight is 196 g/mol. The molecule has 1 saturated carbocycles. The van der Waals surface area contributed by atoms with E-state index in [2.05, 4.69) is 13.0 Å². The van der Waals surface area contributed by atoms with Crippen LogP contribution in [0.2, 0.25) is 0 Å². The van der Waals surface area contributed by atoms with E-state index in [1.807, 2.05) is 13.0 Å². The van der Waals surface area contributed by atoms with E-state index >= 15 is 0 Å². The Morgan fingerprint density at radius 2 is 1.93 bits per heavy atom. The van der Waals surface area contributed by atoms with Gasteiger partial charge in [0, 0.05) is 0 Å². The smallest absolute Gasteiger partial charge is 0.0799 e. The average Bonchev–Trinajstić information content (AvgIpc) is 2.17. The van der Waals surface area contributed by atoms with Crippen LogP contribution in [0.4, 0.5) is 0 Å². The molecule has 1 N–H and O–H groups in total. The summed E-state index contributed by atoms with van der Waals surface area (Å²) in [5, 5.41) is 9.96. The van der Waals surface area contributed by atoms with Gasteiger partial charge in [-0.05, 0) is 32.1 Å². The summed E-state index contributed by atoms with van der Waals surface area (Å²) in [6, 6.07) is 0. The highest BCUT2D eigenvalue weighted by Crippen LogP contribution is 2.26. The van der Waals surface area contributed by atoms with Gasteiger partial charge >= 0.3 is 0 Å². The van der Waals surface area contributed by atoms with E-state index in [4.69, 9.17) is 0 Å². The van der Waals surface area contributed by atoms with Crippen molar-refractivity contribution < 1.29 is 5.11 Å². The van der Waals surface area contributed by atoms with Crippen molar-refractivity contribution in [3.05, 3.63) is 12.2 Å². The zero-order chi connectivity index (χ0) is 10.4. The minimum absolute atomic E-state index is 0.577. The zero-order valence-electron chi connectivity index (χ0n) is 9.63. The van der Waals surface area contributed by atoms with Gasteiger partial charge in [-0.15, -0.1) is 0 Å². The first-order valence-corrected chi connectivity index (χ1v) is 6.06. The van der Waals surface area contributed by atoms with E-state index < -0.39 is 5.60 Å². The molecule has 0 spiro atoms. The van der Waals surface area contributed by atoms with Crippen LogP contribution in [-0.2, 0) is 0 Å². The summed E-state index contributed by atoms with van der Waals surface area (Å²) in [6.07, 6.45) is 12.9. The molecule has 1 unspecified atom stereocenters. The van der Waals surface area contributed by atoms with Crippen LogP contribution in [0, 0.1) is 5.92 Å². The van der Waals surface area contributed by atoms with Crippen LogP contribution in [0.3, 0.4) is 0 Å². The summed E-state index contributed by atoms with van der Waals surface area (Å²) in [7, 11) is 0. The lowest BCUT2D eigenvalue weighted by atomic mass is 9.87. The second-order valence-corrected chi connectivity index (χ2v) is 4.86. The molecule has 1 fully saturated rings. The Hall–Kier alpha value is -0.300. The summed E-state index contributed by atoms with van der Waals surface area (Å²) in [5.41, 5.74) is -0.577. The third kappa shape index (κ3) is 4.28. The molecular formula is C13H24O. The van der Waals surface area contributed by atoms with Crippen LogP contribution in [0.15, 0.2) is 12.2 Å². The largest absolute Gasteiger partial charge is 0.386 e. The van der Waals surface area contributed by atoms with Crippen molar-refractivity contribution in [1.29, 1.82) is 0 Å². The fourth-order valence-corrected chi connectivity index (χ4v) is 2.26. The fraction of sp³-hybridized carbons (Fsp3) is 0.846. The molecule has 0 heterocycles. The molecule has 1 rings (SSSR count). The van der Waals surface area contributed by atoms with Gasteiger partial charge in [0.2, 0.25) is 0 Å². The zero-order valence-corrected chi connectivity index (χ0v) is 9.63. The van der Waals surface area contributed by atoms with Crippen LogP contribution in [-0.4, -0.2) is 10.7 Å². The van der Waals surface area contributed by atoms with Gasteiger partial charge in [0.1, 0.15) is 0 Å². The van der Waals surface area contributed by atoms with Gasteiger partial charge in [-0.3, -0.25) is 0 Å². The van der Waals surface area contributed by atoms with E-state index in [9.17, 15) is 5.11 Å². The number of aliphatic hydroxyl groups is 1. The molecule has 0 bridgehead atoms.